The van der Waals surface area contributed by atoms with E-state index >= 15 is 0 Å². The van der Waals surface area contributed by atoms with Gasteiger partial charge in [0.1, 0.15) is 5.75 Å². The predicted molar refractivity (Wildman–Crippen MR) is 104 cm³/mol. The number of nitrogens with one attached hydrogen (secondary N) is 1. The molecule has 0 heterocycles. The van der Waals surface area contributed by atoms with Crippen molar-refractivity contribution in [2.75, 3.05) is 5.32 Å². The first-order chi connectivity index (χ1) is 12.0. The van der Waals surface area contributed by atoms with Gasteiger partial charge in [0, 0.05) is 5.69 Å². The molecule has 0 aliphatic carbocycles. The van der Waals surface area contributed by atoms with Crippen molar-refractivity contribution in [3.05, 3.63) is 59.2 Å². The largest absolute Gasteiger partial charge is 0.481 e. The van der Waals surface area contributed by atoms with Crippen LogP contribution >= 0.6 is 0 Å². The van der Waals surface area contributed by atoms with E-state index in [1.165, 1.54) is 18.4 Å². The molecule has 0 fully saturated rings. The van der Waals surface area contributed by atoms with E-state index in [4.69, 9.17) is 4.74 Å². The summed E-state index contributed by atoms with van der Waals surface area (Å²) in [5.74, 6) is 0.636. The summed E-state index contributed by atoms with van der Waals surface area (Å²) < 4.78 is 5.92. The fourth-order valence-corrected chi connectivity index (χ4v) is 2.85. The van der Waals surface area contributed by atoms with Crippen LogP contribution in [0.5, 0.6) is 5.75 Å². The second-order valence-corrected chi connectivity index (χ2v) is 6.63. The third-order valence-electron chi connectivity index (χ3n) is 4.18. The minimum atomic E-state index is -0.499. The second kappa shape index (κ2) is 9.26. The average Bonchev–Trinajstić information content (AvgIpc) is 2.58. The average molecular weight is 339 g/mol. The second-order valence-electron chi connectivity index (χ2n) is 6.63. The van der Waals surface area contributed by atoms with Crippen molar-refractivity contribution in [1.82, 2.24) is 0 Å². The zero-order chi connectivity index (χ0) is 18.2. The van der Waals surface area contributed by atoms with E-state index < -0.39 is 6.10 Å². The number of ether oxygens (including phenoxy) is 1. The Morgan fingerprint density at radius 2 is 1.68 bits per heavy atom. The minimum Gasteiger partial charge on any atom is -0.481 e. The maximum absolute atomic E-state index is 12.5. The summed E-state index contributed by atoms with van der Waals surface area (Å²) in [4.78, 5) is 12.5. The Morgan fingerprint density at radius 1 is 1.04 bits per heavy atom. The summed E-state index contributed by atoms with van der Waals surface area (Å²) in [6.07, 6.45) is 3.58. The molecule has 2 aromatic rings. The van der Waals surface area contributed by atoms with Crippen molar-refractivity contribution in [1.29, 1.82) is 0 Å². The van der Waals surface area contributed by atoms with Crippen LogP contribution in [0.25, 0.3) is 0 Å². The topological polar surface area (TPSA) is 38.3 Å². The lowest BCUT2D eigenvalue weighted by atomic mass is 10.1. The molecule has 0 aliphatic heterocycles. The van der Waals surface area contributed by atoms with Gasteiger partial charge in [0.25, 0.3) is 5.91 Å². The van der Waals surface area contributed by atoms with Crippen LogP contribution in [0.15, 0.2) is 42.5 Å². The monoisotopic (exact) mass is 339 g/mol. The molecule has 1 amide bonds. The molecule has 1 unspecified atom stereocenters. The van der Waals surface area contributed by atoms with E-state index in [1.807, 2.05) is 45.0 Å². The number of unbranched alkanes of at least 4 members (excludes halogenated alkanes) is 1. The van der Waals surface area contributed by atoms with E-state index in [0.29, 0.717) is 6.42 Å². The van der Waals surface area contributed by atoms with Crippen LogP contribution in [0.3, 0.4) is 0 Å². The smallest absolute Gasteiger partial charge is 0.265 e. The van der Waals surface area contributed by atoms with E-state index in [-0.39, 0.29) is 5.91 Å². The summed E-state index contributed by atoms with van der Waals surface area (Å²) in [5, 5.41) is 2.96. The molecule has 2 aromatic carbocycles. The van der Waals surface area contributed by atoms with Gasteiger partial charge in [-0.3, -0.25) is 4.79 Å². The zero-order valence-electron chi connectivity index (χ0n) is 15.8. The van der Waals surface area contributed by atoms with Gasteiger partial charge in [-0.1, -0.05) is 38.5 Å². The van der Waals surface area contributed by atoms with Gasteiger partial charge in [0.15, 0.2) is 6.10 Å². The molecule has 0 saturated carbocycles. The van der Waals surface area contributed by atoms with Crippen molar-refractivity contribution >= 4 is 11.6 Å². The quantitative estimate of drug-likeness (QED) is 0.695. The Balaban J connectivity index is 1.99. The molecule has 134 valence electrons. The normalized spacial score (nSPS) is 11.8. The summed E-state index contributed by atoms with van der Waals surface area (Å²) >= 11 is 0. The van der Waals surface area contributed by atoms with Crippen molar-refractivity contribution in [3.63, 3.8) is 0 Å². The molecule has 0 aliphatic rings. The molecule has 1 atom stereocenters. The SMILES string of the molecule is CCCCc1ccc(NC(=O)C(CC)Oc2cc(C)cc(C)c2)cc1. The highest BCUT2D eigenvalue weighted by molar-refractivity contribution is 5.94. The Hall–Kier alpha value is -2.29. The number of benzene rings is 2. The van der Waals surface area contributed by atoms with Crippen LogP contribution in [-0.2, 0) is 11.2 Å². The maximum Gasteiger partial charge on any atom is 0.265 e. The highest BCUT2D eigenvalue weighted by Gasteiger charge is 2.18. The highest BCUT2D eigenvalue weighted by Crippen LogP contribution is 2.19. The van der Waals surface area contributed by atoms with Gasteiger partial charge < -0.3 is 10.1 Å². The van der Waals surface area contributed by atoms with Crippen LogP contribution in [0.1, 0.15) is 49.8 Å². The predicted octanol–water partition coefficient (Wildman–Crippen LogP) is 5.44. The lowest BCUT2D eigenvalue weighted by Crippen LogP contribution is -2.32. The van der Waals surface area contributed by atoms with Gasteiger partial charge in [0.2, 0.25) is 0 Å². The molecule has 25 heavy (non-hydrogen) atoms. The molecule has 2 rings (SSSR count). The third-order valence-corrected chi connectivity index (χ3v) is 4.18. The van der Waals surface area contributed by atoms with E-state index in [9.17, 15) is 4.79 Å². The molecule has 0 aromatic heterocycles. The fourth-order valence-electron chi connectivity index (χ4n) is 2.85. The molecule has 0 spiro atoms. The van der Waals surface area contributed by atoms with Crippen molar-refractivity contribution in [2.45, 2.75) is 59.5 Å². The summed E-state index contributed by atoms with van der Waals surface area (Å²) in [7, 11) is 0. The van der Waals surface area contributed by atoms with Gasteiger partial charge in [-0.15, -0.1) is 0 Å². The number of hydrogen-bond acceptors (Lipinski definition) is 2. The zero-order valence-corrected chi connectivity index (χ0v) is 15.8. The summed E-state index contributed by atoms with van der Waals surface area (Å²) in [5.41, 5.74) is 4.38. The van der Waals surface area contributed by atoms with Crippen LogP contribution in [0.4, 0.5) is 5.69 Å². The lowest BCUT2D eigenvalue weighted by molar-refractivity contribution is -0.122. The van der Waals surface area contributed by atoms with Gasteiger partial charge >= 0.3 is 0 Å². The number of anilines is 1. The van der Waals surface area contributed by atoms with Crippen LogP contribution in [-0.4, -0.2) is 12.0 Å². The van der Waals surface area contributed by atoms with Crippen molar-refractivity contribution < 1.29 is 9.53 Å². The van der Waals surface area contributed by atoms with Crippen molar-refractivity contribution in [2.24, 2.45) is 0 Å². The number of rotatable bonds is 8. The number of carbonyl (C=O) groups excluding carboxylic acids is 1. The molecule has 3 nitrogen and oxygen atoms in total. The molecule has 0 saturated heterocycles. The summed E-state index contributed by atoms with van der Waals surface area (Å²) in [6, 6.07) is 14.1. The Morgan fingerprint density at radius 3 is 2.24 bits per heavy atom. The van der Waals surface area contributed by atoms with Crippen LogP contribution < -0.4 is 10.1 Å². The van der Waals surface area contributed by atoms with Crippen LogP contribution in [0.2, 0.25) is 0 Å². The Bertz CT molecular complexity index is 671. The third kappa shape index (κ3) is 5.93. The van der Waals surface area contributed by atoms with Crippen LogP contribution in [0, 0.1) is 13.8 Å². The fraction of sp³-hybridized carbons (Fsp3) is 0.409. The Labute approximate surface area is 151 Å². The minimum absolute atomic E-state index is 0.108. The molecular formula is C22H29NO2. The highest BCUT2D eigenvalue weighted by atomic mass is 16.5. The standard InChI is InChI=1S/C22H29NO2/c1-5-7-8-18-9-11-19(12-10-18)23-22(24)21(6-2)25-20-14-16(3)13-17(4)15-20/h9-15,21H,5-8H2,1-4H3,(H,23,24). The summed E-state index contributed by atoms with van der Waals surface area (Å²) in [6.45, 7) is 8.21. The maximum atomic E-state index is 12.5. The molecule has 0 radical (unpaired) electrons. The number of carbonyl (C=O) groups is 1. The first-order valence-electron chi connectivity index (χ1n) is 9.16. The molecule has 3 heteroatoms. The number of aryl methyl sites for hydroxylation is 3. The van der Waals surface area contributed by atoms with E-state index in [2.05, 4.69) is 30.4 Å². The first-order valence-corrected chi connectivity index (χ1v) is 9.16. The first kappa shape index (κ1) is 19.0. The van der Waals surface area contributed by atoms with Crippen molar-refractivity contribution in [3.8, 4) is 5.75 Å². The Kier molecular flexibility index (Phi) is 7.05. The molecule has 0 bridgehead atoms. The van der Waals surface area contributed by atoms with Gasteiger partial charge in [-0.05, 0) is 74.1 Å². The van der Waals surface area contributed by atoms with Gasteiger partial charge in [-0.25, -0.2) is 0 Å². The lowest BCUT2D eigenvalue weighted by Gasteiger charge is -2.18. The van der Waals surface area contributed by atoms with E-state index in [1.54, 1.807) is 0 Å². The molecule has 1 N–H and O–H groups in total. The van der Waals surface area contributed by atoms with Gasteiger partial charge in [0.05, 0.1) is 0 Å². The number of amides is 1. The van der Waals surface area contributed by atoms with Gasteiger partial charge in [-0.2, -0.15) is 0 Å². The van der Waals surface area contributed by atoms with E-state index in [0.717, 1.165) is 29.0 Å². The number of hydrogen-bond donors (Lipinski definition) is 1. The molecular weight excluding hydrogens is 310 g/mol.